The van der Waals surface area contributed by atoms with Crippen molar-refractivity contribution in [2.75, 3.05) is 50.8 Å². The number of aliphatic hydroxyl groups is 1. The van der Waals surface area contributed by atoms with Crippen LogP contribution in [0.5, 0.6) is 0 Å². The summed E-state index contributed by atoms with van der Waals surface area (Å²) in [5.41, 5.74) is 0.515. The van der Waals surface area contributed by atoms with Gasteiger partial charge in [0.1, 0.15) is 0 Å². The first kappa shape index (κ1) is 23.4. The van der Waals surface area contributed by atoms with Gasteiger partial charge in [0.15, 0.2) is 0 Å². The van der Waals surface area contributed by atoms with Gasteiger partial charge < -0.3 is 14.7 Å². The third kappa shape index (κ3) is 5.51. The first-order valence-corrected chi connectivity index (χ1v) is 12.7. The Morgan fingerprint density at radius 3 is 2.24 bits per heavy atom. The molecule has 4 aliphatic carbocycles. The zero-order valence-corrected chi connectivity index (χ0v) is 19.4. The summed E-state index contributed by atoms with van der Waals surface area (Å²) in [5.74, 6) is 2.87. The first-order chi connectivity index (χ1) is 15.8. The van der Waals surface area contributed by atoms with Gasteiger partial charge in [0.25, 0.3) is 0 Å². The van der Waals surface area contributed by atoms with Crippen LogP contribution in [0.4, 0.5) is 18.9 Å². The second kappa shape index (κ2) is 9.38. The zero-order valence-electron chi connectivity index (χ0n) is 19.4. The van der Waals surface area contributed by atoms with Gasteiger partial charge in [0.2, 0.25) is 0 Å². The number of halogens is 3. The van der Waals surface area contributed by atoms with Gasteiger partial charge in [-0.05, 0) is 86.3 Å². The van der Waals surface area contributed by atoms with E-state index in [4.69, 9.17) is 4.74 Å². The Hall–Kier alpha value is -1.31. The average molecular weight is 467 g/mol. The van der Waals surface area contributed by atoms with E-state index in [1.165, 1.54) is 50.7 Å². The van der Waals surface area contributed by atoms with E-state index in [-0.39, 0.29) is 0 Å². The van der Waals surface area contributed by atoms with E-state index in [1.807, 2.05) is 4.90 Å². The quantitative estimate of drug-likeness (QED) is 0.558. The minimum atomic E-state index is -4.32. The standard InChI is InChI=1S/C26H37F3N2O2/c27-26(28,29)22-2-1-3-23(13-22)31-7-5-30(6-8-31)17-24(32)18-33-9-4-25-14-19-10-20(15-25)12-21(11-19)16-25/h1-3,13,19-21,24,32H,4-12,14-18H2/t19?,20?,21?,24-,25?/m1/s1. The Labute approximate surface area is 195 Å². The maximum absolute atomic E-state index is 13.0. The van der Waals surface area contributed by atoms with E-state index in [1.54, 1.807) is 6.07 Å². The molecular formula is C26H37F3N2O2. The average Bonchev–Trinajstić information content (AvgIpc) is 2.76. The van der Waals surface area contributed by atoms with Crippen molar-refractivity contribution in [1.82, 2.24) is 4.90 Å². The fraction of sp³-hybridized carbons (Fsp3) is 0.769. The fourth-order valence-corrected chi connectivity index (χ4v) is 7.52. The molecule has 0 aromatic heterocycles. The van der Waals surface area contributed by atoms with Crippen LogP contribution in [0.15, 0.2) is 24.3 Å². The highest BCUT2D eigenvalue weighted by molar-refractivity contribution is 5.49. The van der Waals surface area contributed by atoms with E-state index in [0.717, 1.165) is 49.9 Å². The van der Waals surface area contributed by atoms with E-state index in [9.17, 15) is 18.3 Å². The maximum atomic E-state index is 13.0. The van der Waals surface area contributed by atoms with Gasteiger partial charge >= 0.3 is 6.18 Å². The number of hydrogen-bond donors (Lipinski definition) is 1. The van der Waals surface area contributed by atoms with Gasteiger partial charge in [-0.3, -0.25) is 4.90 Å². The molecule has 184 valence electrons. The van der Waals surface area contributed by atoms with Gasteiger partial charge in [0, 0.05) is 45.0 Å². The minimum absolute atomic E-state index is 0.361. The van der Waals surface area contributed by atoms with Crippen molar-refractivity contribution in [3.8, 4) is 0 Å². The zero-order chi connectivity index (χ0) is 23.1. The molecule has 6 rings (SSSR count). The number of nitrogens with zero attached hydrogens (tertiary/aromatic N) is 2. The molecule has 0 amide bonds. The summed E-state index contributed by atoms with van der Waals surface area (Å²) < 4.78 is 44.9. The van der Waals surface area contributed by atoms with Gasteiger partial charge in [-0.2, -0.15) is 13.2 Å². The predicted octanol–water partition coefficient (Wildman–Crippen LogP) is 4.81. The number of hydrogen-bond acceptors (Lipinski definition) is 4. The Morgan fingerprint density at radius 1 is 1.00 bits per heavy atom. The van der Waals surface area contributed by atoms with Gasteiger partial charge in [0.05, 0.1) is 18.3 Å². The molecule has 1 atom stereocenters. The lowest BCUT2D eigenvalue weighted by Crippen LogP contribution is -2.49. The van der Waals surface area contributed by atoms with E-state index in [0.29, 0.717) is 37.3 Å². The molecule has 4 saturated carbocycles. The van der Waals surface area contributed by atoms with Crippen molar-refractivity contribution in [3.05, 3.63) is 29.8 Å². The highest BCUT2D eigenvalue weighted by Gasteiger charge is 2.50. The molecule has 0 unspecified atom stereocenters. The Morgan fingerprint density at radius 2 is 1.64 bits per heavy atom. The van der Waals surface area contributed by atoms with E-state index in [2.05, 4.69) is 4.90 Å². The molecule has 5 aliphatic rings. The number of piperazine rings is 1. The van der Waals surface area contributed by atoms with Crippen molar-refractivity contribution < 1.29 is 23.0 Å². The molecule has 1 N–H and O–H groups in total. The number of ether oxygens (including phenoxy) is 1. The van der Waals surface area contributed by atoms with Crippen LogP contribution in [0.1, 0.15) is 50.5 Å². The van der Waals surface area contributed by atoms with Crippen molar-refractivity contribution in [3.63, 3.8) is 0 Å². The molecule has 33 heavy (non-hydrogen) atoms. The topological polar surface area (TPSA) is 35.9 Å². The van der Waals surface area contributed by atoms with E-state index >= 15 is 0 Å². The summed E-state index contributed by atoms with van der Waals surface area (Å²) in [5, 5.41) is 10.5. The number of β-amino-alcohol motifs (C(OH)–C–C–N with tert-alkyl or cyclic N) is 1. The monoisotopic (exact) mass is 466 g/mol. The molecular weight excluding hydrogens is 429 g/mol. The Balaban J connectivity index is 1.01. The highest BCUT2D eigenvalue weighted by atomic mass is 19.4. The second-order valence-corrected chi connectivity index (χ2v) is 11.2. The van der Waals surface area contributed by atoms with Gasteiger partial charge in [-0.15, -0.1) is 0 Å². The van der Waals surface area contributed by atoms with Crippen LogP contribution in [0.25, 0.3) is 0 Å². The normalized spacial score (nSPS) is 33.0. The molecule has 0 spiro atoms. The van der Waals surface area contributed by atoms with Crippen molar-refractivity contribution in [1.29, 1.82) is 0 Å². The van der Waals surface area contributed by atoms with Crippen molar-refractivity contribution in [2.45, 2.75) is 57.2 Å². The van der Waals surface area contributed by atoms with E-state index < -0.39 is 17.8 Å². The van der Waals surface area contributed by atoms with Crippen LogP contribution >= 0.6 is 0 Å². The van der Waals surface area contributed by atoms with Gasteiger partial charge in [-0.1, -0.05) is 6.07 Å². The van der Waals surface area contributed by atoms with Crippen molar-refractivity contribution in [2.24, 2.45) is 23.2 Å². The molecule has 4 nitrogen and oxygen atoms in total. The summed E-state index contributed by atoms with van der Waals surface area (Å²) >= 11 is 0. The molecule has 5 fully saturated rings. The fourth-order valence-electron chi connectivity index (χ4n) is 7.52. The lowest BCUT2D eigenvalue weighted by molar-refractivity contribution is -0.137. The highest BCUT2D eigenvalue weighted by Crippen LogP contribution is 2.61. The molecule has 0 radical (unpaired) electrons. The number of anilines is 1. The molecule has 1 aliphatic heterocycles. The molecule has 1 heterocycles. The molecule has 1 saturated heterocycles. The molecule has 7 heteroatoms. The number of aliphatic hydroxyl groups excluding tert-OH is 1. The van der Waals surface area contributed by atoms with Crippen LogP contribution in [0.2, 0.25) is 0 Å². The van der Waals surface area contributed by atoms with Crippen LogP contribution in [0.3, 0.4) is 0 Å². The Bertz CT molecular complexity index is 772. The first-order valence-electron chi connectivity index (χ1n) is 12.7. The van der Waals surface area contributed by atoms with Gasteiger partial charge in [-0.25, -0.2) is 0 Å². The summed E-state index contributed by atoms with van der Waals surface area (Å²) in [6.45, 7) is 4.41. The number of alkyl halides is 3. The smallest absolute Gasteiger partial charge is 0.389 e. The molecule has 1 aromatic rings. The summed E-state index contributed by atoms with van der Waals surface area (Å²) in [6.07, 6.45) is 4.83. The lowest BCUT2D eigenvalue weighted by Gasteiger charge is -2.57. The Kier molecular flexibility index (Phi) is 6.66. The lowest BCUT2D eigenvalue weighted by atomic mass is 9.49. The largest absolute Gasteiger partial charge is 0.416 e. The van der Waals surface area contributed by atoms with Crippen LogP contribution in [-0.4, -0.2) is 62.0 Å². The summed E-state index contributed by atoms with van der Waals surface area (Å²) in [7, 11) is 0. The minimum Gasteiger partial charge on any atom is -0.389 e. The van der Waals surface area contributed by atoms with Crippen LogP contribution < -0.4 is 4.90 Å². The van der Waals surface area contributed by atoms with Crippen molar-refractivity contribution >= 4 is 5.69 Å². The van der Waals surface area contributed by atoms with Crippen LogP contribution in [0, 0.1) is 23.2 Å². The number of rotatable bonds is 8. The SMILES string of the molecule is O[C@@H](COCCC12CC3CC(CC(C3)C1)C2)CN1CCN(c2cccc(C(F)(F)F)c2)CC1. The predicted molar refractivity (Wildman–Crippen MR) is 122 cm³/mol. The molecule has 4 bridgehead atoms. The second-order valence-electron chi connectivity index (χ2n) is 11.2. The number of benzene rings is 1. The third-order valence-corrected chi connectivity index (χ3v) is 8.63. The summed E-state index contributed by atoms with van der Waals surface area (Å²) in [6, 6.07) is 5.54. The summed E-state index contributed by atoms with van der Waals surface area (Å²) in [4.78, 5) is 4.16. The maximum Gasteiger partial charge on any atom is 0.416 e. The van der Waals surface area contributed by atoms with Crippen LogP contribution in [-0.2, 0) is 10.9 Å². The third-order valence-electron chi connectivity index (χ3n) is 8.63. The molecule has 1 aromatic carbocycles.